The third kappa shape index (κ3) is 3.55. The number of likely N-dealkylation sites (tertiary alicyclic amines) is 1. The molecule has 1 aliphatic heterocycles. The van der Waals surface area contributed by atoms with Crippen molar-refractivity contribution in [3.63, 3.8) is 0 Å². The van der Waals surface area contributed by atoms with Crippen molar-refractivity contribution in [3.8, 4) is 10.4 Å². The minimum atomic E-state index is -0.156. The number of piperidine rings is 1. The van der Waals surface area contributed by atoms with Gasteiger partial charge in [-0.2, -0.15) is 0 Å². The normalized spacial score (nSPS) is 15.2. The Kier molecular flexibility index (Phi) is 5.76. The molecular weight excluding hydrogens is 392 g/mol. The summed E-state index contributed by atoms with van der Waals surface area (Å²) in [6.45, 7) is 1.34. The molecule has 0 aromatic carbocycles. The van der Waals surface area contributed by atoms with Crippen LogP contribution in [0, 0.1) is 0 Å². The van der Waals surface area contributed by atoms with Gasteiger partial charge in [0, 0.05) is 35.0 Å². The van der Waals surface area contributed by atoms with Crippen molar-refractivity contribution < 1.29 is 4.79 Å². The smallest absolute Gasteiger partial charge is 0.263 e. The zero-order valence-corrected chi connectivity index (χ0v) is 16.4. The summed E-state index contributed by atoms with van der Waals surface area (Å²) in [7, 11) is 0. The van der Waals surface area contributed by atoms with E-state index in [2.05, 4.69) is 4.98 Å². The molecular formula is C17H19ClN4O2S2. The van der Waals surface area contributed by atoms with Crippen LogP contribution in [0.4, 0.5) is 0 Å². The van der Waals surface area contributed by atoms with E-state index in [1.807, 2.05) is 22.9 Å². The van der Waals surface area contributed by atoms with E-state index < -0.39 is 0 Å². The Hall–Kier alpha value is -1.74. The van der Waals surface area contributed by atoms with Crippen molar-refractivity contribution in [1.29, 1.82) is 0 Å². The Labute approximate surface area is 164 Å². The van der Waals surface area contributed by atoms with Gasteiger partial charge in [0.15, 0.2) is 0 Å². The molecule has 1 aliphatic rings. The zero-order valence-electron chi connectivity index (χ0n) is 14.0. The van der Waals surface area contributed by atoms with Gasteiger partial charge in [-0.1, -0.05) is 6.07 Å². The lowest BCUT2D eigenvalue weighted by atomic mass is 10.1. The molecule has 3 aromatic rings. The summed E-state index contributed by atoms with van der Waals surface area (Å²) in [5.41, 5.74) is 6.63. The second kappa shape index (κ2) is 7.87. The van der Waals surface area contributed by atoms with E-state index in [1.165, 1.54) is 22.2 Å². The highest BCUT2D eigenvalue weighted by Crippen LogP contribution is 2.33. The largest absolute Gasteiger partial charge is 0.341 e. The highest BCUT2D eigenvalue weighted by Gasteiger charge is 2.22. The number of carbonyl (C=O) groups is 1. The topological polar surface area (TPSA) is 81.2 Å². The fourth-order valence-electron chi connectivity index (χ4n) is 3.09. The van der Waals surface area contributed by atoms with Gasteiger partial charge in [0.05, 0.1) is 11.7 Å². The van der Waals surface area contributed by atoms with Crippen LogP contribution >= 0.6 is 35.1 Å². The quantitative estimate of drug-likeness (QED) is 0.719. The van der Waals surface area contributed by atoms with E-state index in [0.717, 1.165) is 23.3 Å². The van der Waals surface area contributed by atoms with Crippen molar-refractivity contribution in [2.24, 2.45) is 5.73 Å². The predicted molar refractivity (Wildman–Crippen MR) is 108 cm³/mol. The average Bonchev–Trinajstić information content (AvgIpc) is 3.27. The first kappa shape index (κ1) is 19.0. The number of rotatable bonds is 3. The molecule has 0 saturated carbocycles. The molecule has 3 aromatic heterocycles. The number of fused-ring (bicyclic) bond motifs is 1. The third-order valence-corrected chi connectivity index (χ3v) is 6.33. The number of hydrogen-bond donors (Lipinski definition) is 1. The summed E-state index contributed by atoms with van der Waals surface area (Å²) >= 11 is 3.05. The maximum Gasteiger partial charge on any atom is 0.263 e. The number of thiophene rings is 2. The van der Waals surface area contributed by atoms with Crippen molar-refractivity contribution in [2.75, 3.05) is 13.1 Å². The van der Waals surface area contributed by atoms with E-state index in [1.54, 1.807) is 16.2 Å². The molecule has 1 saturated heterocycles. The highest BCUT2D eigenvalue weighted by atomic mass is 35.5. The summed E-state index contributed by atoms with van der Waals surface area (Å²) in [5.74, 6) is -0.0527. The molecule has 6 nitrogen and oxygen atoms in total. The highest BCUT2D eigenvalue weighted by molar-refractivity contribution is 7.18. The molecule has 0 spiro atoms. The molecule has 4 heterocycles. The maximum absolute atomic E-state index is 12.9. The van der Waals surface area contributed by atoms with E-state index in [-0.39, 0.29) is 36.5 Å². The molecule has 0 radical (unpaired) electrons. The van der Waals surface area contributed by atoms with E-state index >= 15 is 0 Å². The van der Waals surface area contributed by atoms with Gasteiger partial charge < -0.3 is 10.6 Å². The van der Waals surface area contributed by atoms with Gasteiger partial charge in [-0.3, -0.25) is 14.2 Å². The number of nitrogens with zero attached hydrogens (tertiary/aromatic N) is 3. The molecule has 26 heavy (non-hydrogen) atoms. The Balaban J connectivity index is 0.00000196. The summed E-state index contributed by atoms with van der Waals surface area (Å²) in [6, 6.07) is 4.12. The minimum Gasteiger partial charge on any atom is -0.341 e. The predicted octanol–water partition coefficient (Wildman–Crippen LogP) is 2.56. The number of carbonyl (C=O) groups excluding carboxylic acids is 1. The van der Waals surface area contributed by atoms with Gasteiger partial charge in [-0.15, -0.1) is 35.1 Å². The lowest BCUT2D eigenvalue weighted by Crippen LogP contribution is -2.44. The lowest BCUT2D eigenvalue weighted by molar-refractivity contribution is -0.132. The standard InChI is InChI=1S/C17H18N4O2S2.ClH/c18-11-3-5-20(6-4-11)14(22)8-21-10-19-16-15(17(21)23)12(9-25-16)13-2-1-7-24-13;/h1-2,7,9-11H,3-6,8,18H2;1H. The average molecular weight is 411 g/mol. The zero-order chi connectivity index (χ0) is 17.4. The molecule has 0 bridgehead atoms. The molecule has 9 heteroatoms. The number of nitrogens with two attached hydrogens (primary N) is 1. The molecule has 2 N–H and O–H groups in total. The summed E-state index contributed by atoms with van der Waals surface area (Å²) in [5, 5.41) is 4.55. The number of aromatic nitrogens is 2. The van der Waals surface area contributed by atoms with Gasteiger partial charge >= 0.3 is 0 Å². The Morgan fingerprint density at radius 1 is 1.31 bits per heavy atom. The Morgan fingerprint density at radius 3 is 2.77 bits per heavy atom. The summed E-state index contributed by atoms with van der Waals surface area (Å²) in [6.07, 6.45) is 3.10. The second-order valence-corrected chi connectivity index (χ2v) is 8.01. The van der Waals surface area contributed by atoms with Crippen LogP contribution < -0.4 is 11.3 Å². The first-order valence-corrected chi connectivity index (χ1v) is 9.93. The van der Waals surface area contributed by atoms with Gasteiger partial charge in [-0.05, 0) is 24.3 Å². The molecule has 1 amide bonds. The van der Waals surface area contributed by atoms with Crippen molar-refractivity contribution in [3.05, 3.63) is 39.6 Å². The summed E-state index contributed by atoms with van der Waals surface area (Å²) in [4.78, 5) is 33.3. The molecule has 4 rings (SSSR count). The monoisotopic (exact) mass is 410 g/mol. The lowest BCUT2D eigenvalue weighted by Gasteiger charge is -2.30. The molecule has 138 valence electrons. The van der Waals surface area contributed by atoms with Crippen LogP contribution in [-0.2, 0) is 11.3 Å². The van der Waals surface area contributed by atoms with Crippen LogP contribution in [0.15, 0.2) is 34.0 Å². The number of hydrogen-bond acceptors (Lipinski definition) is 6. The van der Waals surface area contributed by atoms with Gasteiger partial charge in [0.1, 0.15) is 11.4 Å². The van der Waals surface area contributed by atoms with Crippen LogP contribution in [0.1, 0.15) is 12.8 Å². The van der Waals surface area contributed by atoms with Gasteiger partial charge in [-0.25, -0.2) is 4.98 Å². The van der Waals surface area contributed by atoms with Crippen LogP contribution in [0.5, 0.6) is 0 Å². The van der Waals surface area contributed by atoms with Crippen molar-refractivity contribution in [1.82, 2.24) is 14.5 Å². The number of amides is 1. The van der Waals surface area contributed by atoms with E-state index in [0.29, 0.717) is 23.3 Å². The van der Waals surface area contributed by atoms with E-state index in [9.17, 15) is 9.59 Å². The van der Waals surface area contributed by atoms with Crippen molar-refractivity contribution >= 4 is 51.2 Å². The van der Waals surface area contributed by atoms with Crippen LogP contribution in [0.3, 0.4) is 0 Å². The fourth-order valence-corrected chi connectivity index (χ4v) is 4.81. The Bertz CT molecular complexity index is 959. The van der Waals surface area contributed by atoms with Crippen LogP contribution in [-0.4, -0.2) is 39.5 Å². The SMILES string of the molecule is Cl.NC1CCN(C(=O)Cn2cnc3scc(-c4cccs4)c3c2=O)CC1. The first-order valence-electron chi connectivity index (χ1n) is 8.17. The minimum absolute atomic E-state index is 0. The molecule has 0 atom stereocenters. The molecule has 1 fully saturated rings. The van der Waals surface area contributed by atoms with Crippen LogP contribution in [0.2, 0.25) is 0 Å². The number of halogens is 1. The fraction of sp³-hybridized carbons (Fsp3) is 0.353. The van der Waals surface area contributed by atoms with Crippen LogP contribution in [0.25, 0.3) is 20.7 Å². The second-order valence-electron chi connectivity index (χ2n) is 6.20. The Morgan fingerprint density at radius 2 is 2.08 bits per heavy atom. The van der Waals surface area contributed by atoms with Crippen molar-refractivity contribution in [2.45, 2.75) is 25.4 Å². The van der Waals surface area contributed by atoms with E-state index in [4.69, 9.17) is 5.73 Å². The maximum atomic E-state index is 12.9. The third-order valence-electron chi connectivity index (χ3n) is 4.55. The molecule has 0 unspecified atom stereocenters. The summed E-state index contributed by atoms with van der Waals surface area (Å²) < 4.78 is 1.42. The van der Waals surface area contributed by atoms with Gasteiger partial charge in [0.25, 0.3) is 5.56 Å². The first-order chi connectivity index (χ1) is 12.1. The van der Waals surface area contributed by atoms with Gasteiger partial charge in [0.2, 0.25) is 5.91 Å². The molecule has 0 aliphatic carbocycles.